The van der Waals surface area contributed by atoms with E-state index in [1.807, 2.05) is 24.3 Å². The summed E-state index contributed by atoms with van der Waals surface area (Å²) < 4.78 is 3.40. The Balaban J connectivity index is 1.83. The van der Waals surface area contributed by atoms with Crippen molar-refractivity contribution >= 4 is 16.6 Å². The van der Waals surface area contributed by atoms with Gasteiger partial charge in [-0.3, -0.25) is 10.1 Å². The van der Waals surface area contributed by atoms with E-state index < -0.39 is 4.92 Å². The molecule has 0 unspecified atom stereocenters. The van der Waals surface area contributed by atoms with Gasteiger partial charge in [-0.15, -0.1) is 0 Å². The lowest BCUT2D eigenvalue weighted by Gasteiger charge is -2.17. The molecule has 0 amide bonds. The van der Waals surface area contributed by atoms with Crippen molar-refractivity contribution in [2.75, 3.05) is 0 Å². The van der Waals surface area contributed by atoms with E-state index in [1.54, 1.807) is 21.3 Å². The zero-order chi connectivity index (χ0) is 19.7. The van der Waals surface area contributed by atoms with Gasteiger partial charge in [-0.25, -0.2) is 0 Å². The normalized spacial score (nSPS) is 15.0. The van der Waals surface area contributed by atoms with Gasteiger partial charge >= 0.3 is 11.9 Å². The van der Waals surface area contributed by atoms with E-state index in [0.717, 1.165) is 31.2 Å². The number of nitrogens with zero attached hydrogens (tertiary/aromatic N) is 3. The highest BCUT2D eigenvalue weighted by Crippen LogP contribution is 2.29. The lowest BCUT2D eigenvalue weighted by Crippen LogP contribution is -2.51. The zero-order valence-electron chi connectivity index (χ0n) is 15.5. The summed E-state index contributed by atoms with van der Waals surface area (Å²) in [5, 5.41) is 33.5. The molecule has 144 valence electrons. The Morgan fingerprint density at radius 1 is 1.00 bits per heavy atom. The summed E-state index contributed by atoms with van der Waals surface area (Å²) in [5.41, 5.74) is 1.57. The standard InChI is InChI=1S/C21H21N3O4/c25-20-18-8-4-5-9-19(18)22(14-15-10-12-17(13-11-15)24(27)28)21(26)23(20)16-6-2-1-3-7-16/h4-5,8-13,16H,1-3,6-7,14H2/p+2. The number of hydrogen-bond acceptors (Lipinski definition) is 4. The van der Waals surface area contributed by atoms with Crippen LogP contribution in [0.1, 0.15) is 43.7 Å². The van der Waals surface area contributed by atoms with Crippen molar-refractivity contribution in [1.82, 2.24) is 0 Å². The number of hydrogen-bond donors (Lipinski definition) is 2. The summed E-state index contributed by atoms with van der Waals surface area (Å²) >= 11 is 0. The molecule has 4 rings (SSSR count). The van der Waals surface area contributed by atoms with Crippen molar-refractivity contribution in [1.29, 1.82) is 0 Å². The van der Waals surface area contributed by atoms with E-state index in [1.165, 1.54) is 18.6 Å². The van der Waals surface area contributed by atoms with Crippen molar-refractivity contribution in [3.63, 3.8) is 0 Å². The molecule has 3 aromatic rings. The maximum atomic E-state index is 11.1. The van der Waals surface area contributed by atoms with Crippen LogP contribution in [0.15, 0.2) is 48.5 Å². The molecule has 28 heavy (non-hydrogen) atoms. The largest absolute Gasteiger partial charge is 0.632 e. The zero-order valence-corrected chi connectivity index (χ0v) is 15.5. The Kier molecular flexibility index (Phi) is 4.81. The van der Waals surface area contributed by atoms with Gasteiger partial charge < -0.3 is 10.2 Å². The highest BCUT2D eigenvalue weighted by atomic mass is 16.6. The predicted octanol–water partition coefficient (Wildman–Crippen LogP) is 3.29. The molecule has 1 aliphatic rings. The second-order valence-electron chi connectivity index (χ2n) is 7.31. The van der Waals surface area contributed by atoms with Crippen LogP contribution in [-0.4, -0.2) is 15.1 Å². The second kappa shape index (κ2) is 7.42. The molecular formula is C21H23N3O4+2. The summed E-state index contributed by atoms with van der Waals surface area (Å²) in [5.74, 6) is 0.0833. The SMILES string of the molecule is O=[N+]([O-])c1ccc(C[n+]2c(O)[n+](C3CCCCC3)c(O)c3ccccc32)cc1. The van der Waals surface area contributed by atoms with Gasteiger partial charge in [-0.05, 0) is 31.0 Å². The van der Waals surface area contributed by atoms with E-state index in [2.05, 4.69) is 0 Å². The summed E-state index contributed by atoms with van der Waals surface area (Å²) in [6.45, 7) is 0.345. The van der Waals surface area contributed by atoms with Crippen LogP contribution in [0.2, 0.25) is 0 Å². The maximum absolute atomic E-state index is 11.1. The van der Waals surface area contributed by atoms with Crippen molar-refractivity contribution in [2.24, 2.45) is 0 Å². The number of aromatic nitrogens is 2. The van der Waals surface area contributed by atoms with E-state index in [-0.39, 0.29) is 23.6 Å². The summed E-state index contributed by atoms with van der Waals surface area (Å²) in [7, 11) is 0. The van der Waals surface area contributed by atoms with Crippen LogP contribution in [-0.2, 0) is 6.54 Å². The smallest absolute Gasteiger partial charge is 0.459 e. The molecule has 0 aliphatic heterocycles. The Morgan fingerprint density at radius 2 is 1.68 bits per heavy atom. The fraction of sp³-hybridized carbons (Fsp3) is 0.333. The van der Waals surface area contributed by atoms with Gasteiger partial charge in [0.25, 0.3) is 5.69 Å². The topological polar surface area (TPSA) is 91.4 Å². The molecule has 1 heterocycles. The number of non-ortho nitro benzene ring substituents is 1. The van der Waals surface area contributed by atoms with E-state index in [4.69, 9.17) is 0 Å². The third-order valence-corrected chi connectivity index (χ3v) is 5.55. The van der Waals surface area contributed by atoms with Crippen LogP contribution >= 0.6 is 0 Å². The van der Waals surface area contributed by atoms with Crippen LogP contribution in [0.5, 0.6) is 11.9 Å². The van der Waals surface area contributed by atoms with Crippen molar-refractivity contribution < 1.29 is 24.3 Å². The van der Waals surface area contributed by atoms with Crippen molar-refractivity contribution in [3.8, 4) is 11.9 Å². The number of rotatable bonds is 4. The maximum Gasteiger partial charge on any atom is 0.632 e. The number of para-hydroxylation sites is 1. The summed E-state index contributed by atoms with van der Waals surface area (Å²) in [6.07, 6.45) is 5.16. The second-order valence-corrected chi connectivity index (χ2v) is 7.31. The van der Waals surface area contributed by atoms with Crippen LogP contribution in [0.4, 0.5) is 5.69 Å². The number of nitro benzene ring substituents is 1. The minimum Gasteiger partial charge on any atom is -0.459 e. The van der Waals surface area contributed by atoms with Crippen LogP contribution < -0.4 is 9.13 Å². The third-order valence-electron chi connectivity index (χ3n) is 5.55. The van der Waals surface area contributed by atoms with Gasteiger partial charge in [-0.2, -0.15) is 0 Å². The average molecular weight is 381 g/mol. The molecule has 1 aromatic heterocycles. The van der Waals surface area contributed by atoms with E-state index >= 15 is 0 Å². The molecule has 2 N–H and O–H groups in total. The Hall–Kier alpha value is -3.22. The summed E-state index contributed by atoms with van der Waals surface area (Å²) in [4.78, 5) is 10.5. The predicted molar refractivity (Wildman–Crippen MR) is 102 cm³/mol. The molecule has 1 fully saturated rings. The Bertz CT molecular complexity index is 1030. The van der Waals surface area contributed by atoms with Gasteiger partial charge in [-0.1, -0.05) is 27.7 Å². The first kappa shape index (κ1) is 18.2. The number of fused-ring (bicyclic) bond motifs is 1. The lowest BCUT2D eigenvalue weighted by atomic mass is 9.95. The third kappa shape index (κ3) is 3.24. The molecule has 1 aliphatic carbocycles. The van der Waals surface area contributed by atoms with Crippen molar-refractivity contribution in [3.05, 3.63) is 64.2 Å². The van der Waals surface area contributed by atoms with Crippen molar-refractivity contribution in [2.45, 2.75) is 44.7 Å². The van der Waals surface area contributed by atoms with Crippen LogP contribution in [0, 0.1) is 10.1 Å². The highest BCUT2D eigenvalue weighted by molar-refractivity contribution is 5.79. The molecule has 7 nitrogen and oxygen atoms in total. The molecule has 0 radical (unpaired) electrons. The first-order valence-electron chi connectivity index (χ1n) is 9.57. The number of aromatic hydroxyl groups is 2. The first-order valence-corrected chi connectivity index (χ1v) is 9.57. The van der Waals surface area contributed by atoms with E-state index in [0.29, 0.717) is 17.4 Å². The first-order chi connectivity index (χ1) is 13.6. The lowest BCUT2D eigenvalue weighted by molar-refractivity contribution is -0.832. The molecule has 0 bridgehead atoms. The minimum absolute atomic E-state index is 0.00135. The molecule has 0 atom stereocenters. The van der Waals surface area contributed by atoms with Crippen LogP contribution in [0.25, 0.3) is 10.9 Å². The van der Waals surface area contributed by atoms with E-state index in [9.17, 15) is 20.3 Å². The summed E-state index contributed by atoms with van der Waals surface area (Å²) in [6, 6.07) is 13.8. The molecule has 0 spiro atoms. The van der Waals surface area contributed by atoms with Gasteiger partial charge in [0.15, 0.2) is 18.0 Å². The molecular weight excluding hydrogens is 358 g/mol. The van der Waals surface area contributed by atoms with Gasteiger partial charge in [0.2, 0.25) is 5.52 Å². The molecule has 2 aromatic carbocycles. The average Bonchev–Trinajstić information content (AvgIpc) is 2.72. The van der Waals surface area contributed by atoms with Crippen LogP contribution in [0.3, 0.4) is 0 Å². The molecule has 7 heteroatoms. The fourth-order valence-electron chi connectivity index (χ4n) is 4.10. The minimum atomic E-state index is -0.429. The quantitative estimate of drug-likeness (QED) is 0.412. The Labute approximate surface area is 162 Å². The van der Waals surface area contributed by atoms with Gasteiger partial charge in [0.05, 0.1) is 4.92 Å². The fourth-order valence-corrected chi connectivity index (χ4v) is 4.10. The number of benzene rings is 2. The molecule has 1 saturated carbocycles. The Morgan fingerprint density at radius 3 is 2.36 bits per heavy atom. The molecule has 0 saturated heterocycles. The number of nitro groups is 1. The monoisotopic (exact) mass is 381 g/mol. The van der Waals surface area contributed by atoms with Gasteiger partial charge in [0, 0.05) is 36.6 Å². The highest BCUT2D eigenvalue weighted by Gasteiger charge is 2.39. The van der Waals surface area contributed by atoms with Gasteiger partial charge in [0.1, 0.15) is 0 Å².